The second kappa shape index (κ2) is 4.38. The molecule has 2 aromatic rings. The fourth-order valence-corrected chi connectivity index (χ4v) is 4.19. The van der Waals surface area contributed by atoms with E-state index in [2.05, 4.69) is 15.9 Å². The summed E-state index contributed by atoms with van der Waals surface area (Å²) in [6.45, 7) is 0. The van der Waals surface area contributed by atoms with Gasteiger partial charge in [-0.05, 0) is 40.2 Å². The minimum Gasteiger partial charge on any atom is -0.248 e. The first-order chi connectivity index (χ1) is 6.77. The Morgan fingerprint density at radius 3 is 2.36 bits per heavy atom. The zero-order valence-corrected chi connectivity index (χ0v) is 10.4. The van der Waals surface area contributed by atoms with E-state index in [-0.39, 0.29) is 0 Å². The lowest BCUT2D eigenvalue weighted by Gasteiger charge is -1.97. The monoisotopic (exact) mass is 286 g/mol. The first-order valence-corrected chi connectivity index (χ1v) is 6.75. The number of rotatable bonds is 2. The van der Waals surface area contributed by atoms with Crippen LogP contribution in [0.4, 0.5) is 0 Å². The average Bonchev–Trinajstić information content (AvgIpc) is 2.65. The summed E-state index contributed by atoms with van der Waals surface area (Å²) in [4.78, 5) is 0.849. The number of benzene rings is 1. The van der Waals surface area contributed by atoms with Crippen LogP contribution in [0.15, 0.2) is 55.4 Å². The minimum absolute atomic E-state index is 0.849. The van der Waals surface area contributed by atoms with Gasteiger partial charge in [-0.1, -0.05) is 18.2 Å². The van der Waals surface area contributed by atoms with Gasteiger partial charge in [-0.15, -0.1) is 11.3 Å². The molecule has 0 radical (unpaired) electrons. The molecule has 0 spiro atoms. The first kappa shape index (κ1) is 10.1. The Morgan fingerprint density at radius 2 is 1.79 bits per heavy atom. The molecule has 0 aliphatic carbocycles. The van der Waals surface area contributed by atoms with Crippen LogP contribution in [0.2, 0.25) is 0 Å². The van der Waals surface area contributed by atoms with Crippen LogP contribution in [-0.4, -0.2) is 4.21 Å². The lowest BCUT2D eigenvalue weighted by Crippen LogP contribution is -1.87. The van der Waals surface area contributed by atoms with E-state index in [1.807, 2.05) is 42.5 Å². The van der Waals surface area contributed by atoms with E-state index >= 15 is 0 Å². The van der Waals surface area contributed by atoms with Crippen molar-refractivity contribution in [1.29, 1.82) is 0 Å². The van der Waals surface area contributed by atoms with Gasteiger partial charge in [0.25, 0.3) is 0 Å². The predicted molar refractivity (Wildman–Crippen MR) is 63.1 cm³/mol. The van der Waals surface area contributed by atoms with Gasteiger partial charge >= 0.3 is 0 Å². The highest BCUT2D eigenvalue weighted by Crippen LogP contribution is 2.27. The molecule has 0 amide bonds. The van der Waals surface area contributed by atoms with E-state index in [4.69, 9.17) is 0 Å². The largest absolute Gasteiger partial charge is 0.248 e. The van der Waals surface area contributed by atoms with Gasteiger partial charge in [-0.3, -0.25) is 0 Å². The zero-order chi connectivity index (χ0) is 9.97. The van der Waals surface area contributed by atoms with Gasteiger partial charge in [0, 0.05) is 4.90 Å². The Hall–Kier alpha value is -0.450. The van der Waals surface area contributed by atoms with Crippen LogP contribution in [0.3, 0.4) is 0 Å². The van der Waals surface area contributed by atoms with Crippen LogP contribution >= 0.6 is 27.3 Å². The third-order valence-corrected chi connectivity index (χ3v) is 5.01. The van der Waals surface area contributed by atoms with Gasteiger partial charge in [-0.2, -0.15) is 0 Å². The first-order valence-electron chi connectivity index (χ1n) is 3.99. The molecule has 72 valence electrons. The number of hydrogen-bond donors (Lipinski definition) is 0. The Balaban J connectivity index is 2.34. The second-order valence-corrected chi connectivity index (χ2v) is 6.81. The maximum Gasteiger partial charge on any atom is 0.0971 e. The summed E-state index contributed by atoms with van der Waals surface area (Å²) in [6, 6.07) is 13.3. The van der Waals surface area contributed by atoms with E-state index in [1.54, 1.807) is 0 Å². The predicted octanol–water partition coefficient (Wildman–Crippen LogP) is 3.68. The fourth-order valence-electron chi connectivity index (χ4n) is 1.06. The molecule has 1 unspecified atom stereocenters. The number of hydrogen-bond acceptors (Lipinski definition) is 2. The van der Waals surface area contributed by atoms with Crippen molar-refractivity contribution < 1.29 is 4.21 Å². The van der Waals surface area contributed by atoms with E-state index < -0.39 is 10.8 Å². The molecule has 4 heteroatoms. The maximum absolute atomic E-state index is 12.0. The van der Waals surface area contributed by atoms with Gasteiger partial charge in [0.2, 0.25) is 0 Å². The molecule has 0 bridgehead atoms. The summed E-state index contributed by atoms with van der Waals surface area (Å²) in [5.41, 5.74) is 0. The zero-order valence-electron chi connectivity index (χ0n) is 7.14. The topological polar surface area (TPSA) is 17.1 Å². The van der Waals surface area contributed by atoms with E-state index in [9.17, 15) is 4.21 Å². The van der Waals surface area contributed by atoms with Crippen LogP contribution in [0.1, 0.15) is 0 Å². The number of halogens is 1. The van der Waals surface area contributed by atoms with Crippen molar-refractivity contribution in [2.45, 2.75) is 9.10 Å². The third kappa shape index (κ3) is 2.13. The smallest absolute Gasteiger partial charge is 0.0971 e. The summed E-state index contributed by atoms with van der Waals surface area (Å²) in [7, 11) is -1.04. The summed E-state index contributed by atoms with van der Waals surface area (Å²) in [5.74, 6) is 0. The molecule has 1 heterocycles. The summed E-state index contributed by atoms with van der Waals surface area (Å²) < 4.78 is 13.8. The normalized spacial score (nSPS) is 12.6. The Kier molecular flexibility index (Phi) is 3.15. The highest BCUT2D eigenvalue weighted by Gasteiger charge is 2.08. The Morgan fingerprint density at radius 1 is 1.07 bits per heavy atom. The molecule has 14 heavy (non-hydrogen) atoms. The average molecular weight is 287 g/mol. The van der Waals surface area contributed by atoms with Crippen molar-refractivity contribution in [3.63, 3.8) is 0 Å². The molecule has 0 N–H and O–H groups in total. The molecule has 1 aromatic heterocycles. The van der Waals surface area contributed by atoms with Gasteiger partial charge in [0.05, 0.1) is 18.8 Å². The van der Waals surface area contributed by atoms with Crippen molar-refractivity contribution in [1.82, 2.24) is 0 Å². The molecule has 0 aliphatic heterocycles. The lowest BCUT2D eigenvalue weighted by atomic mass is 10.4. The van der Waals surface area contributed by atoms with Crippen LogP contribution in [-0.2, 0) is 10.8 Å². The molecular weight excluding hydrogens is 280 g/mol. The molecule has 1 atom stereocenters. The van der Waals surface area contributed by atoms with E-state index in [1.165, 1.54) is 11.3 Å². The molecular formula is C10H7BrOS2. The molecule has 0 aliphatic rings. The Bertz CT molecular complexity index is 450. The maximum atomic E-state index is 12.0. The lowest BCUT2D eigenvalue weighted by molar-refractivity contribution is 0.684. The second-order valence-electron chi connectivity index (χ2n) is 2.64. The third-order valence-electron chi connectivity index (χ3n) is 1.69. The van der Waals surface area contributed by atoms with E-state index in [0.29, 0.717) is 0 Å². The molecule has 0 fully saturated rings. The number of thiophene rings is 1. The van der Waals surface area contributed by atoms with Crippen LogP contribution in [0, 0.1) is 0 Å². The quantitative estimate of drug-likeness (QED) is 0.823. The van der Waals surface area contributed by atoms with Crippen LogP contribution in [0.25, 0.3) is 0 Å². The standard InChI is InChI=1S/C10H7BrOS2/c11-9-6-7-10(13-9)14(12)8-4-2-1-3-5-8/h1-7H. The molecule has 0 saturated carbocycles. The van der Waals surface area contributed by atoms with Crippen LogP contribution < -0.4 is 0 Å². The molecule has 1 aromatic carbocycles. The van der Waals surface area contributed by atoms with Gasteiger partial charge in [0.15, 0.2) is 0 Å². The summed E-state index contributed by atoms with van der Waals surface area (Å²) in [5, 5.41) is 0. The van der Waals surface area contributed by atoms with Crippen molar-refractivity contribution in [2.75, 3.05) is 0 Å². The Labute approximate surface area is 97.4 Å². The summed E-state index contributed by atoms with van der Waals surface area (Å²) in [6.07, 6.45) is 0. The van der Waals surface area contributed by atoms with Crippen molar-refractivity contribution in [3.05, 3.63) is 46.3 Å². The van der Waals surface area contributed by atoms with Crippen molar-refractivity contribution in [3.8, 4) is 0 Å². The highest BCUT2D eigenvalue weighted by atomic mass is 79.9. The fraction of sp³-hybridized carbons (Fsp3) is 0. The molecule has 1 nitrogen and oxygen atoms in total. The van der Waals surface area contributed by atoms with Gasteiger partial charge in [-0.25, -0.2) is 4.21 Å². The van der Waals surface area contributed by atoms with E-state index in [0.717, 1.165) is 12.9 Å². The van der Waals surface area contributed by atoms with Crippen molar-refractivity contribution in [2.24, 2.45) is 0 Å². The SMILES string of the molecule is O=S(c1ccccc1)c1ccc(Br)s1. The van der Waals surface area contributed by atoms with Gasteiger partial charge in [0.1, 0.15) is 0 Å². The molecule has 0 saturated heterocycles. The van der Waals surface area contributed by atoms with Gasteiger partial charge < -0.3 is 0 Å². The molecule has 2 rings (SSSR count). The highest BCUT2D eigenvalue weighted by molar-refractivity contribution is 9.11. The minimum atomic E-state index is -1.04. The van der Waals surface area contributed by atoms with Crippen molar-refractivity contribution >= 4 is 38.1 Å². The van der Waals surface area contributed by atoms with Crippen LogP contribution in [0.5, 0.6) is 0 Å². The summed E-state index contributed by atoms with van der Waals surface area (Å²) >= 11 is 4.86.